The normalized spacial score (nSPS) is 8.76. The van der Waals surface area contributed by atoms with E-state index in [0.29, 0.717) is 0 Å². The van der Waals surface area contributed by atoms with E-state index in [4.69, 9.17) is 0 Å². The summed E-state index contributed by atoms with van der Waals surface area (Å²) in [5.74, 6) is 0. The zero-order chi connectivity index (χ0) is 12.2. The van der Waals surface area contributed by atoms with Crippen LogP contribution in [0.5, 0.6) is 0 Å². The fourth-order valence-corrected chi connectivity index (χ4v) is 2.14. The van der Waals surface area contributed by atoms with Crippen molar-refractivity contribution in [2.75, 3.05) is 0 Å². The minimum atomic E-state index is 0. The molecule has 0 atom stereocenters. The summed E-state index contributed by atoms with van der Waals surface area (Å²) in [6.45, 7) is 0. The van der Waals surface area contributed by atoms with Crippen molar-refractivity contribution in [1.29, 1.82) is 0 Å². The molecule has 0 unspecified atom stereocenters. The molecule has 4 rings (SSSR count). The van der Waals surface area contributed by atoms with Crippen LogP contribution in [0.4, 0.5) is 0 Å². The molecule has 0 aliphatic carbocycles. The summed E-state index contributed by atoms with van der Waals surface area (Å²) in [6, 6.07) is 29.3. The van der Waals surface area contributed by atoms with E-state index >= 15 is 0 Å². The topological polar surface area (TPSA) is 0 Å². The standard InChI is InChI=1S/2C9H7.2BrH.Hf/c2*1-2-5-9-7-3-6-8(9)4-1;;;/h2*1-7H;2*1H;/q2*-1;;;+4/p-2. The first-order chi connectivity index (χ1) is 8.93. The van der Waals surface area contributed by atoms with Crippen molar-refractivity contribution in [3.8, 4) is 0 Å². The average Bonchev–Trinajstić information content (AvgIpc) is 3.08. The molecule has 0 heterocycles. The summed E-state index contributed by atoms with van der Waals surface area (Å²) in [6.07, 6.45) is 0. The zero-order valence-corrected chi connectivity index (χ0v) is 18.1. The SMILES string of the molecule is [Br-].[Br-].[Hf+4].c1ccc2[cH-]ccc2c1.c1ccc2[cH-]ccc2c1. The Kier molecular flexibility index (Phi) is 10.0. The molecule has 4 aromatic carbocycles. The van der Waals surface area contributed by atoms with Gasteiger partial charge in [0.1, 0.15) is 0 Å². The van der Waals surface area contributed by atoms with Crippen LogP contribution in [-0.4, -0.2) is 0 Å². The summed E-state index contributed by atoms with van der Waals surface area (Å²) < 4.78 is 0. The quantitative estimate of drug-likeness (QED) is 0.191. The van der Waals surface area contributed by atoms with E-state index in [2.05, 4.69) is 84.9 Å². The number of rotatable bonds is 0. The van der Waals surface area contributed by atoms with Gasteiger partial charge in [0.2, 0.25) is 0 Å². The van der Waals surface area contributed by atoms with Crippen LogP contribution in [0.2, 0.25) is 0 Å². The zero-order valence-electron chi connectivity index (χ0n) is 11.3. The maximum atomic E-state index is 2.12. The second kappa shape index (κ2) is 10.3. The van der Waals surface area contributed by atoms with Gasteiger partial charge in [0, 0.05) is 0 Å². The van der Waals surface area contributed by atoms with E-state index in [1.807, 2.05) is 0 Å². The molecular weight excluding hydrogens is 554 g/mol. The first-order valence-electron chi connectivity index (χ1n) is 6.14. The van der Waals surface area contributed by atoms with Crippen LogP contribution < -0.4 is 34.0 Å². The fourth-order valence-electron chi connectivity index (χ4n) is 2.14. The molecule has 0 aromatic heterocycles. The Balaban J connectivity index is 0.000000333. The van der Waals surface area contributed by atoms with Crippen molar-refractivity contribution in [2.45, 2.75) is 0 Å². The Bertz CT molecular complexity index is 629. The number of hydrogen-bond donors (Lipinski definition) is 0. The molecule has 104 valence electrons. The first kappa shape index (κ1) is 20.5. The first-order valence-corrected chi connectivity index (χ1v) is 6.14. The fraction of sp³-hybridized carbons (Fsp3) is 0. The van der Waals surface area contributed by atoms with Crippen LogP contribution in [0.15, 0.2) is 84.9 Å². The summed E-state index contributed by atoms with van der Waals surface area (Å²) in [4.78, 5) is 0. The summed E-state index contributed by atoms with van der Waals surface area (Å²) in [5.41, 5.74) is 0. The monoisotopic (exact) mass is 568 g/mol. The van der Waals surface area contributed by atoms with Gasteiger partial charge in [0.15, 0.2) is 0 Å². The van der Waals surface area contributed by atoms with Gasteiger partial charge in [-0.1, -0.05) is 12.1 Å². The van der Waals surface area contributed by atoms with Crippen molar-refractivity contribution < 1.29 is 59.8 Å². The van der Waals surface area contributed by atoms with Crippen LogP contribution in [0, 0.1) is 0 Å². The van der Waals surface area contributed by atoms with Crippen LogP contribution in [0.3, 0.4) is 0 Å². The third-order valence-corrected chi connectivity index (χ3v) is 3.10. The minimum Gasteiger partial charge on any atom is -1.00 e. The molecule has 0 aliphatic heterocycles. The Morgan fingerprint density at radius 2 is 0.905 bits per heavy atom. The van der Waals surface area contributed by atoms with Crippen molar-refractivity contribution in [1.82, 2.24) is 0 Å². The molecule has 0 saturated carbocycles. The summed E-state index contributed by atoms with van der Waals surface area (Å²) in [7, 11) is 0. The van der Waals surface area contributed by atoms with E-state index in [9.17, 15) is 0 Å². The molecule has 4 aromatic rings. The maximum Gasteiger partial charge on any atom is 4.00 e. The Labute approximate surface area is 165 Å². The molecule has 0 N–H and O–H groups in total. The Hall–Kier alpha value is -0.510. The molecular formula is C18H14Br2Hf. The Morgan fingerprint density at radius 1 is 0.524 bits per heavy atom. The minimum absolute atomic E-state index is 0. The van der Waals surface area contributed by atoms with Crippen molar-refractivity contribution >= 4 is 21.5 Å². The molecule has 0 radical (unpaired) electrons. The molecule has 3 heteroatoms. The van der Waals surface area contributed by atoms with Crippen molar-refractivity contribution in [3.63, 3.8) is 0 Å². The van der Waals surface area contributed by atoms with Crippen LogP contribution >= 0.6 is 0 Å². The molecule has 21 heavy (non-hydrogen) atoms. The van der Waals surface area contributed by atoms with Crippen LogP contribution in [0.25, 0.3) is 21.5 Å². The molecule has 0 aliphatic rings. The molecule has 0 spiro atoms. The van der Waals surface area contributed by atoms with Gasteiger partial charge in [-0.3, -0.25) is 0 Å². The van der Waals surface area contributed by atoms with Gasteiger partial charge in [0.05, 0.1) is 0 Å². The van der Waals surface area contributed by atoms with Crippen LogP contribution in [0.1, 0.15) is 0 Å². The third-order valence-electron chi connectivity index (χ3n) is 3.10. The number of hydrogen-bond acceptors (Lipinski definition) is 0. The molecule has 0 saturated heterocycles. The van der Waals surface area contributed by atoms with E-state index in [0.717, 1.165) is 0 Å². The van der Waals surface area contributed by atoms with E-state index < -0.39 is 0 Å². The summed E-state index contributed by atoms with van der Waals surface area (Å²) in [5, 5.41) is 5.32. The third kappa shape index (κ3) is 5.32. The predicted molar refractivity (Wildman–Crippen MR) is 79.1 cm³/mol. The van der Waals surface area contributed by atoms with Gasteiger partial charge in [-0.05, 0) is 0 Å². The van der Waals surface area contributed by atoms with Gasteiger partial charge in [0.25, 0.3) is 0 Å². The van der Waals surface area contributed by atoms with Crippen molar-refractivity contribution in [2.24, 2.45) is 0 Å². The van der Waals surface area contributed by atoms with E-state index in [1.54, 1.807) is 0 Å². The van der Waals surface area contributed by atoms with Gasteiger partial charge in [-0.25, -0.2) is 0 Å². The van der Waals surface area contributed by atoms with Gasteiger partial charge < -0.3 is 34.0 Å². The van der Waals surface area contributed by atoms with Crippen molar-refractivity contribution in [3.05, 3.63) is 84.9 Å². The average molecular weight is 569 g/mol. The van der Waals surface area contributed by atoms with Gasteiger partial charge in [-0.2, -0.15) is 35.0 Å². The predicted octanol–water partition coefficient (Wildman–Crippen LogP) is -0.877. The number of halogens is 2. The molecule has 0 nitrogen and oxygen atoms in total. The second-order valence-electron chi connectivity index (χ2n) is 4.31. The number of benzene rings is 2. The smallest absolute Gasteiger partial charge is 1.00 e. The molecule has 0 amide bonds. The number of fused-ring (bicyclic) bond motifs is 2. The second-order valence-corrected chi connectivity index (χ2v) is 4.31. The van der Waals surface area contributed by atoms with E-state index in [1.165, 1.54) is 21.5 Å². The Morgan fingerprint density at radius 3 is 1.29 bits per heavy atom. The van der Waals surface area contributed by atoms with Gasteiger partial charge >= 0.3 is 25.8 Å². The molecule has 0 fully saturated rings. The van der Waals surface area contributed by atoms with E-state index in [-0.39, 0.29) is 59.8 Å². The van der Waals surface area contributed by atoms with Gasteiger partial charge in [-0.15, -0.1) is 59.3 Å². The maximum absolute atomic E-state index is 2.12. The van der Waals surface area contributed by atoms with Crippen LogP contribution in [-0.2, 0) is 25.8 Å². The summed E-state index contributed by atoms with van der Waals surface area (Å²) >= 11 is 0. The largest absolute Gasteiger partial charge is 4.00 e. The molecule has 0 bridgehead atoms.